The average molecular weight is 330 g/mol. The number of para-hydroxylation sites is 3. The van der Waals surface area contributed by atoms with E-state index in [0.29, 0.717) is 19.2 Å². The summed E-state index contributed by atoms with van der Waals surface area (Å²) in [5.74, 6) is 0.865. The van der Waals surface area contributed by atoms with Crippen molar-refractivity contribution in [2.75, 3.05) is 5.32 Å². The molecule has 0 saturated carbocycles. The number of aromatic nitrogens is 1. The number of hydrogen-bond acceptors (Lipinski definition) is 4. The summed E-state index contributed by atoms with van der Waals surface area (Å²) in [5.41, 5.74) is 3.92. The van der Waals surface area contributed by atoms with Crippen LogP contribution in [0.1, 0.15) is 11.1 Å². The fourth-order valence-corrected chi connectivity index (χ4v) is 2.67. The van der Waals surface area contributed by atoms with E-state index in [9.17, 15) is 0 Å². The SMILES string of the molecule is c1ccc(OCc2ccccc2CNc2nc3ccccc3o2)cc1. The van der Waals surface area contributed by atoms with Crippen LogP contribution in [-0.4, -0.2) is 4.98 Å². The first-order valence-electron chi connectivity index (χ1n) is 8.22. The highest BCUT2D eigenvalue weighted by Crippen LogP contribution is 2.20. The van der Waals surface area contributed by atoms with E-state index in [4.69, 9.17) is 9.15 Å². The molecule has 4 heteroatoms. The van der Waals surface area contributed by atoms with Crippen LogP contribution in [-0.2, 0) is 13.2 Å². The summed E-state index contributed by atoms with van der Waals surface area (Å²) >= 11 is 0. The van der Waals surface area contributed by atoms with E-state index in [1.54, 1.807) is 0 Å². The molecule has 1 heterocycles. The third kappa shape index (κ3) is 3.63. The van der Waals surface area contributed by atoms with Gasteiger partial charge in [-0.1, -0.05) is 54.6 Å². The standard InChI is InChI=1S/C21H18N2O2/c1-2-10-18(11-3-1)24-15-17-9-5-4-8-16(17)14-22-21-23-19-12-6-7-13-20(19)25-21/h1-13H,14-15H2,(H,22,23). The Morgan fingerprint density at radius 3 is 2.36 bits per heavy atom. The number of fused-ring (bicyclic) bond motifs is 1. The van der Waals surface area contributed by atoms with E-state index < -0.39 is 0 Å². The predicted molar refractivity (Wildman–Crippen MR) is 98.6 cm³/mol. The Hall–Kier alpha value is -3.27. The second-order valence-electron chi connectivity index (χ2n) is 5.71. The van der Waals surface area contributed by atoms with Crippen LogP contribution in [0.4, 0.5) is 6.01 Å². The number of rotatable bonds is 6. The summed E-state index contributed by atoms with van der Waals surface area (Å²) in [6, 6.07) is 26.3. The molecule has 0 radical (unpaired) electrons. The van der Waals surface area contributed by atoms with Gasteiger partial charge in [0.25, 0.3) is 6.01 Å². The zero-order chi connectivity index (χ0) is 16.9. The highest BCUT2D eigenvalue weighted by Gasteiger charge is 2.07. The Balaban J connectivity index is 1.45. The molecule has 0 fully saturated rings. The summed E-state index contributed by atoms with van der Waals surface area (Å²) in [4.78, 5) is 4.44. The van der Waals surface area contributed by atoms with E-state index in [1.165, 1.54) is 0 Å². The van der Waals surface area contributed by atoms with Crippen LogP contribution in [0.5, 0.6) is 5.75 Å². The molecule has 4 rings (SSSR count). The first-order chi connectivity index (χ1) is 12.4. The van der Waals surface area contributed by atoms with Gasteiger partial charge < -0.3 is 14.5 Å². The van der Waals surface area contributed by atoms with Gasteiger partial charge in [-0.3, -0.25) is 0 Å². The van der Waals surface area contributed by atoms with Crippen LogP contribution in [0, 0.1) is 0 Å². The van der Waals surface area contributed by atoms with Gasteiger partial charge in [0.15, 0.2) is 5.58 Å². The summed E-state index contributed by atoms with van der Waals surface area (Å²) in [5, 5.41) is 3.26. The van der Waals surface area contributed by atoms with E-state index in [-0.39, 0.29) is 0 Å². The maximum Gasteiger partial charge on any atom is 0.295 e. The third-order valence-electron chi connectivity index (χ3n) is 3.98. The minimum atomic E-state index is 0.523. The molecule has 0 aliphatic rings. The van der Waals surface area contributed by atoms with Gasteiger partial charge in [-0.05, 0) is 35.4 Å². The van der Waals surface area contributed by atoms with Crippen molar-refractivity contribution in [2.45, 2.75) is 13.2 Å². The molecule has 0 unspecified atom stereocenters. The lowest BCUT2D eigenvalue weighted by Gasteiger charge is -2.11. The van der Waals surface area contributed by atoms with Crippen LogP contribution < -0.4 is 10.1 Å². The number of anilines is 1. The zero-order valence-electron chi connectivity index (χ0n) is 13.7. The van der Waals surface area contributed by atoms with Crippen molar-refractivity contribution in [3.8, 4) is 5.75 Å². The molecule has 0 atom stereocenters. The fourth-order valence-electron chi connectivity index (χ4n) is 2.67. The molecule has 3 aromatic carbocycles. The average Bonchev–Trinajstić information content (AvgIpc) is 3.09. The van der Waals surface area contributed by atoms with Gasteiger partial charge in [-0.25, -0.2) is 0 Å². The Morgan fingerprint density at radius 1 is 0.800 bits per heavy atom. The van der Waals surface area contributed by atoms with Gasteiger partial charge in [0, 0.05) is 6.54 Å². The molecule has 124 valence electrons. The molecule has 25 heavy (non-hydrogen) atoms. The molecule has 0 aliphatic carbocycles. The van der Waals surface area contributed by atoms with E-state index in [2.05, 4.69) is 22.4 Å². The maximum absolute atomic E-state index is 5.87. The minimum Gasteiger partial charge on any atom is -0.489 e. The van der Waals surface area contributed by atoms with Crippen LogP contribution >= 0.6 is 0 Å². The zero-order valence-corrected chi connectivity index (χ0v) is 13.7. The van der Waals surface area contributed by atoms with E-state index in [0.717, 1.165) is 28.0 Å². The highest BCUT2D eigenvalue weighted by atomic mass is 16.5. The van der Waals surface area contributed by atoms with Gasteiger partial charge in [-0.2, -0.15) is 4.98 Å². The molecule has 0 spiro atoms. The number of benzene rings is 3. The lowest BCUT2D eigenvalue weighted by atomic mass is 10.1. The molecule has 4 nitrogen and oxygen atoms in total. The largest absolute Gasteiger partial charge is 0.489 e. The molecule has 0 saturated heterocycles. The number of nitrogens with zero attached hydrogens (tertiary/aromatic N) is 1. The monoisotopic (exact) mass is 330 g/mol. The van der Waals surface area contributed by atoms with Gasteiger partial charge in [0.2, 0.25) is 0 Å². The second kappa shape index (κ2) is 7.09. The second-order valence-corrected chi connectivity index (χ2v) is 5.71. The molecule has 4 aromatic rings. The van der Waals surface area contributed by atoms with Crippen molar-refractivity contribution >= 4 is 17.1 Å². The Bertz CT molecular complexity index is 931. The van der Waals surface area contributed by atoms with E-state index >= 15 is 0 Å². The van der Waals surface area contributed by atoms with E-state index in [1.807, 2.05) is 66.7 Å². The number of ether oxygens (including phenoxy) is 1. The lowest BCUT2D eigenvalue weighted by Crippen LogP contribution is -2.05. The van der Waals surface area contributed by atoms with Crippen molar-refractivity contribution in [3.63, 3.8) is 0 Å². The summed E-state index contributed by atoms with van der Waals surface area (Å²) in [6.45, 7) is 1.15. The van der Waals surface area contributed by atoms with Crippen molar-refractivity contribution in [1.82, 2.24) is 4.98 Å². The van der Waals surface area contributed by atoms with Gasteiger partial charge in [0.05, 0.1) is 0 Å². The van der Waals surface area contributed by atoms with Crippen molar-refractivity contribution in [1.29, 1.82) is 0 Å². The third-order valence-corrected chi connectivity index (χ3v) is 3.98. The van der Waals surface area contributed by atoms with Crippen molar-refractivity contribution in [3.05, 3.63) is 90.0 Å². The molecular formula is C21H18N2O2. The normalized spacial score (nSPS) is 10.7. The van der Waals surface area contributed by atoms with Crippen molar-refractivity contribution in [2.24, 2.45) is 0 Å². The summed E-state index contributed by atoms with van der Waals surface area (Å²) < 4.78 is 11.6. The molecule has 0 amide bonds. The number of nitrogens with one attached hydrogen (secondary N) is 1. The Kier molecular flexibility index (Phi) is 4.33. The van der Waals surface area contributed by atoms with Crippen LogP contribution in [0.25, 0.3) is 11.1 Å². The summed E-state index contributed by atoms with van der Waals surface area (Å²) in [7, 11) is 0. The molecule has 0 bridgehead atoms. The molecule has 0 aliphatic heterocycles. The number of hydrogen-bond donors (Lipinski definition) is 1. The lowest BCUT2D eigenvalue weighted by molar-refractivity contribution is 0.305. The smallest absolute Gasteiger partial charge is 0.295 e. The topological polar surface area (TPSA) is 47.3 Å². The Morgan fingerprint density at radius 2 is 1.52 bits per heavy atom. The van der Waals surface area contributed by atoms with Gasteiger partial charge >= 0.3 is 0 Å². The van der Waals surface area contributed by atoms with Crippen molar-refractivity contribution < 1.29 is 9.15 Å². The predicted octanol–water partition coefficient (Wildman–Crippen LogP) is 5.02. The Labute approximate surface area is 146 Å². The molecular weight excluding hydrogens is 312 g/mol. The molecule has 1 N–H and O–H groups in total. The number of oxazole rings is 1. The van der Waals surface area contributed by atoms with Gasteiger partial charge in [0.1, 0.15) is 17.9 Å². The van der Waals surface area contributed by atoms with Crippen LogP contribution in [0.2, 0.25) is 0 Å². The maximum atomic E-state index is 5.87. The first kappa shape index (κ1) is 15.3. The van der Waals surface area contributed by atoms with Crippen LogP contribution in [0.15, 0.2) is 83.3 Å². The quantitative estimate of drug-likeness (QED) is 0.539. The fraction of sp³-hybridized carbons (Fsp3) is 0.0952. The molecule has 1 aromatic heterocycles. The first-order valence-corrected chi connectivity index (χ1v) is 8.22. The summed E-state index contributed by atoms with van der Waals surface area (Å²) in [6.07, 6.45) is 0. The highest BCUT2D eigenvalue weighted by molar-refractivity contribution is 5.74. The van der Waals surface area contributed by atoms with Gasteiger partial charge in [-0.15, -0.1) is 0 Å². The minimum absolute atomic E-state index is 0.523. The van der Waals surface area contributed by atoms with Crippen LogP contribution in [0.3, 0.4) is 0 Å².